The second-order valence-corrected chi connectivity index (χ2v) is 5.96. The van der Waals surface area contributed by atoms with Crippen molar-refractivity contribution in [3.05, 3.63) is 90.3 Å². The molecule has 0 radical (unpaired) electrons. The summed E-state index contributed by atoms with van der Waals surface area (Å²) >= 11 is 0. The topological polar surface area (TPSA) is 73.0 Å². The van der Waals surface area contributed by atoms with Crippen LogP contribution in [0.1, 0.15) is 16.1 Å². The number of hydrogen-bond acceptors (Lipinski definition) is 4. The molecule has 0 atom stereocenters. The van der Waals surface area contributed by atoms with Crippen molar-refractivity contribution in [3.8, 4) is 16.9 Å². The van der Waals surface area contributed by atoms with Crippen LogP contribution in [-0.4, -0.2) is 20.7 Å². The molecule has 0 aliphatic carbocycles. The first-order valence-corrected chi connectivity index (χ1v) is 8.37. The van der Waals surface area contributed by atoms with E-state index >= 15 is 0 Å². The quantitative estimate of drug-likeness (QED) is 0.573. The second kappa shape index (κ2) is 7.43. The van der Waals surface area contributed by atoms with E-state index in [0.717, 1.165) is 12.1 Å². The first-order chi connectivity index (χ1) is 13.6. The van der Waals surface area contributed by atoms with E-state index < -0.39 is 11.6 Å². The zero-order valence-electron chi connectivity index (χ0n) is 14.5. The molecule has 0 fully saturated rings. The normalized spacial score (nSPS) is 10.8. The Morgan fingerprint density at radius 1 is 1.14 bits per heavy atom. The van der Waals surface area contributed by atoms with E-state index in [2.05, 4.69) is 15.4 Å². The van der Waals surface area contributed by atoms with Crippen LogP contribution in [0.5, 0.6) is 0 Å². The molecule has 8 heteroatoms. The molecule has 0 saturated carbocycles. The lowest BCUT2D eigenvalue weighted by Crippen LogP contribution is -2.22. The highest BCUT2D eigenvalue weighted by molar-refractivity contribution is 5.94. The van der Waals surface area contributed by atoms with Gasteiger partial charge in [0.15, 0.2) is 5.82 Å². The first-order valence-electron chi connectivity index (χ1n) is 8.37. The van der Waals surface area contributed by atoms with Gasteiger partial charge in [-0.1, -0.05) is 0 Å². The number of furan rings is 1. The maximum Gasteiger partial charge on any atom is 0.253 e. The molecule has 1 N–H and O–H groups in total. The van der Waals surface area contributed by atoms with Crippen LogP contribution in [0.25, 0.3) is 16.9 Å². The predicted molar refractivity (Wildman–Crippen MR) is 96.6 cm³/mol. The van der Waals surface area contributed by atoms with Crippen LogP contribution in [-0.2, 0) is 6.54 Å². The number of hydrogen-bond donors (Lipinski definition) is 1. The first kappa shape index (κ1) is 17.6. The summed E-state index contributed by atoms with van der Waals surface area (Å²) in [6, 6.07) is 10.1. The van der Waals surface area contributed by atoms with Crippen LogP contribution >= 0.6 is 0 Å². The lowest BCUT2D eigenvalue weighted by molar-refractivity contribution is 0.0947. The Morgan fingerprint density at radius 2 is 2.04 bits per heavy atom. The number of carbonyl (C=O) groups is 1. The molecule has 3 heterocycles. The summed E-state index contributed by atoms with van der Waals surface area (Å²) in [5.74, 6) is -1.000. The minimum absolute atomic E-state index is 0.126. The van der Waals surface area contributed by atoms with Gasteiger partial charge in [-0.2, -0.15) is 5.10 Å². The molecule has 0 saturated heterocycles. The van der Waals surface area contributed by atoms with Crippen molar-refractivity contribution in [2.24, 2.45) is 0 Å². The number of amides is 1. The number of carbonyl (C=O) groups excluding carboxylic acids is 1. The van der Waals surface area contributed by atoms with E-state index in [1.54, 1.807) is 30.5 Å². The van der Waals surface area contributed by atoms with Crippen LogP contribution in [0.15, 0.2) is 71.7 Å². The van der Waals surface area contributed by atoms with E-state index in [9.17, 15) is 13.6 Å². The van der Waals surface area contributed by atoms with Gasteiger partial charge in [-0.3, -0.25) is 9.78 Å². The number of nitrogens with one attached hydrogen (secondary N) is 1. The smallest absolute Gasteiger partial charge is 0.253 e. The zero-order chi connectivity index (χ0) is 19.5. The third kappa shape index (κ3) is 3.66. The Balaban J connectivity index is 1.48. The van der Waals surface area contributed by atoms with Crippen molar-refractivity contribution in [3.63, 3.8) is 0 Å². The molecule has 0 spiro atoms. The van der Waals surface area contributed by atoms with E-state index in [0.29, 0.717) is 22.6 Å². The van der Waals surface area contributed by atoms with E-state index in [4.69, 9.17) is 4.42 Å². The molecule has 0 aliphatic rings. The molecule has 28 heavy (non-hydrogen) atoms. The molecule has 3 aromatic heterocycles. The summed E-state index contributed by atoms with van der Waals surface area (Å²) in [5, 5.41) is 6.83. The largest absolute Gasteiger partial charge is 0.467 e. The summed E-state index contributed by atoms with van der Waals surface area (Å²) in [6.07, 6.45) is 6.08. The average molecular weight is 380 g/mol. The van der Waals surface area contributed by atoms with Crippen molar-refractivity contribution in [2.45, 2.75) is 6.54 Å². The summed E-state index contributed by atoms with van der Waals surface area (Å²) in [6.45, 7) is 0.281. The van der Waals surface area contributed by atoms with Crippen LogP contribution in [0.3, 0.4) is 0 Å². The highest BCUT2D eigenvalue weighted by Gasteiger charge is 2.11. The third-order valence-corrected chi connectivity index (χ3v) is 4.06. The zero-order valence-corrected chi connectivity index (χ0v) is 14.5. The molecule has 6 nitrogen and oxygen atoms in total. The Hall–Kier alpha value is -3.81. The van der Waals surface area contributed by atoms with Gasteiger partial charge in [0.25, 0.3) is 5.91 Å². The Labute approximate surface area is 158 Å². The molecule has 4 aromatic rings. The van der Waals surface area contributed by atoms with Gasteiger partial charge in [0, 0.05) is 24.0 Å². The maximum absolute atomic E-state index is 13.9. The molecule has 0 aliphatic heterocycles. The van der Waals surface area contributed by atoms with Gasteiger partial charge in [0.2, 0.25) is 0 Å². The van der Waals surface area contributed by atoms with Crippen molar-refractivity contribution < 1.29 is 18.0 Å². The fourth-order valence-corrected chi connectivity index (χ4v) is 2.64. The van der Waals surface area contributed by atoms with Crippen molar-refractivity contribution in [2.75, 3.05) is 0 Å². The van der Waals surface area contributed by atoms with Crippen LogP contribution < -0.4 is 5.32 Å². The summed E-state index contributed by atoms with van der Waals surface area (Å²) in [5.41, 5.74) is 1.72. The monoisotopic (exact) mass is 380 g/mol. The Kier molecular flexibility index (Phi) is 4.67. The molecular weight excluding hydrogens is 366 g/mol. The lowest BCUT2D eigenvalue weighted by atomic mass is 10.2. The van der Waals surface area contributed by atoms with Crippen LogP contribution in [0, 0.1) is 11.6 Å². The Morgan fingerprint density at radius 3 is 2.75 bits per heavy atom. The minimum Gasteiger partial charge on any atom is -0.467 e. The minimum atomic E-state index is -0.716. The predicted octanol–water partition coefficient (Wildman–Crippen LogP) is 3.74. The highest BCUT2D eigenvalue weighted by atomic mass is 19.1. The van der Waals surface area contributed by atoms with Gasteiger partial charge < -0.3 is 9.73 Å². The SMILES string of the molecule is O=C(NCc1ccco1)c1ccc(-c2cnn(-c3ccc(F)cc3F)c2)nc1. The number of benzene rings is 1. The number of halogens is 2. The lowest BCUT2D eigenvalue weighted by Gasteiger charge is -2.04. The molecule has 1 aromatic carbocycles. The van der Waals surface area contributed by atoms with Crippen molar-refractivity contribution in [1.29, 1.82) is 0 Å². The fourth-order valence-electron chi connectivity index (χ4n) is 2.64. The van der Waals surface area contributed by atoms with Gasteiger partial charge >= 0.3 is 0 Å². The summed E-state index contributed by atoms with van der Waals surface area (Å²) < 4.78 is 33.4. The van der Waals surface area contributed by atoms with Crippen molar-refractivity contribution >= 4 is 5.91 Å². The summed E-state index contributed by atoms with van der Waals surface area (Å²) in [4.78, 5) is 16.4. The number of nitrogens with zero attached hydrogens (tertiary/aromatic N) is 3. The van der Waals surface area contributed by atoms with Gasteiger partial charge in [-0.15, -0.1) is 0 Å². The standard InChI is InChI=1S/C20H14F2N4O2/c21-15-4-6-19(17(22)8-15)26-12-14(10-25-26)18-5-3-13(9-23-18)20(27)24-11-16-2-1-7-28-16/h1-10,12H,11H2,(H,24,27). The van der Waals surface area contributed by atoms with Crippen LogP contribution in [0.4, 0.5) is 8.78 Å². The second-order valence-electron chi connectivity index (χ2n) is 5.96. The van der Waals surface area contributed by atoms with E-state index in [1.165, 1.54) is 29.4 Å². The fraction of sp³-hybridized carbons (Fsp3) is 0.0500. The maximum atomic E-state index is 13.9. The number of aromatic nitrogens is 3. The number of rotatable bonds is 5. The molecule has 140 valence electrons. The average Bonchev–Trinajstić information content (AvgIpc) is 3.38. The van der Waals surface area contributed by atoms with Gasteiger partial charge in [-0.05, 0) is 36.4 Å². The van der Waals surface area contributed by atoms with E-state index in [1.807, 2.05) is 0 Å². The summed E-state index contributed by atoms with van der Waals surface area (Å²) in [7, 11) is 0. The highest BCUT2D eigenvalue weighted by Crippen LogP contribution is 2.20. The number of pyridine rings is 1. The van der Waals surface area contributed by atoms with Gasteiger partial charge in [0.1, 0.15) is 17.3 Å². The molecule has 0 bridgehead atoms. The van der Waals surface area contributed by atoms with Gasteiger partial charge in [0.05, 0.1) is 30.3 Å². The third-order valence-electron chi connectivity index (χ3n) is 4.06. The van der Waals surface area contributed by atoms with E-state index in [-0.39, 0.29) is 18.1 Å². The molecular formula is C20H14F2N4O2. The van der Waals surface area contributed by atoms with Gasteiger partial charge in [-0.25, -0.2) is 13.5 Å². The Bertz CT molecular complexity index is 1110. The van der Waals surface area contributed by atoms with Crippen LogP contribution in [0.2, 0.25) is 0 Å². The van der Waals surface area contributed by atoms with Crippen molar-refractivity contribution in [1.82, 2.24) is 20.1 Å². The molecule has 0 unspecified atom stereocenters. The molecule has 4 rings (SSSR count). The molecule has 1 amide bonds.